The first kappa shape index (κ1) is 13.3. The predicted octanol–water partition coefficient (Wildman–Crippen LogP) is 2.22. The average Bonchev–Trinajstić information content (AvgIpc) is 2.97. The molecule has 3 heterocycles. The molecular formula is C16H19N5O. The SMILES string of the molecule is O=C(Nc1cnn2c1NCCC2)c1cnc2c(c1)CCCC2. The van der Waals surface area contributed by atoms with Crippen molar-refractivity contribution in [3.8, 4) is 0 Å². The van der Waals surface area contributed by atoms with Gasteiger partial charge in [-0.25, -0.2) is 4.68 Å². The van der Waals surface area contributed by atoms with Crippen molar-refractivity contribution < 1.29 is 4.79 Å². The van der Waals surface area contributed by atoms with Gasteiger partial charge >= 0.3 is 0 Å². The summed E-state index contributed by atoms with van der Waals surface area (Å²) in [5.74, 6) is 0.773. The Labute approximate surface area is 128 Å². The fourth-order valence-electron chi connectivity index (χ4n) is 3.18. The number of nitrogens with one attached hydrogen (secondary N) is 2. The van der Waals surface area contributed by atoms with E-state index in [4.69, 9.17) is 0 Å². The molecule has 0 spiro atoms. The quantitative estimate of drug-likeness (QED) is 0.891. The van der Waals surface area contributed by atoms with Crippen molar-refractivity contribution in [2.24, 2.45) is 0 Å². The summed E-state index contributed by atoms with van der Waals surface area (Å²) in [6.45, 7) is 1.80. The van der Waals surface area contributed by atoms with Crippen molar-refractivity contribution >= 4 is 17.4 Å². The number of hydrogen-bond acceptors (Lipinski definition) is 4. The molecule has 4 rings (SSSR count). The molecule has 1 amide bonds. The Hall–Kier alpha value is -2.37. The highest BCUT2D eigenvalue weighted by atomic mass is 16.1. The maximum absolute atomic E-state index is 12.5. The molecule has 2 aromatic heterocycles. The zero-order valence-corrected chi connectivity index (χ0v) is 12.4. The number of nitrogens with zero attached hydrogens (tertiary/aromatic N) is 3. The highest BCUT2D eigenvalue weighted by Crippen LogP contribution is 2.25. The molecule has 1 aliphatic carbocycles. The Morgan fingerprint density at radius 2 is 2.14 bits per heavy atom. The van der Waals surface area contributed by atoms with Crippen LogP contribution >= 0.6 is 0 Å². The number of aromatic nitrogens is 3. The van der Waals surface area contributed by atoms with Crippen LogP contribution in [0.5, 0.6) is 0 Å². The average molecular weight is 297 g/mol. The van der Waals surface area contributed by atoms with Gasteiger partial charge in [0, 0.05) is 25.0 Å². The number of rotatable bonds is 2. The lowest BCUT2D eigenvalue weighted by Gasteiger charge is -2.17. The van der Waals surface area contributed by atoms with E-state index < -0.39 is 0 Å². The lowest BCUT2D eigenvalue weighted by molar-refractivity contribution is 0.102. The van der Waals surface area contributed by atoms with E-state index >= 15 is 0 Å². The van der Waals surface area contributed by atoms with E-state index in [0.717, 1.165) is 49.6 Å². The van der Waals surface area contributed by atoms with Crippen molar-refractivity contribution in [3.63, 3.8) is 0 Å². The van der Waals surface area contributed by atoms with Gasteiger partial charge in [-0.3, -0.25) is 9.78 Å². The summed E-state index contributed by atoms with van der Waals surface area (Å²) in [5.41, 5.74) is 3.72. The molecular weight excluding hydrogens is 278 g/mol. The van der Waals surface area contributed by atoms with Crippen LogP contribution in [0.2, 0.25) is 0 Å². The summed E-state index contributed by atoms with van der Waals surface area (Å²) in [4.78, 5) is 16.9. The molecule has 0 saturated heterocycles. The second-order valence-corrected chi connectivity index (χ2v) is 5.90. The number of pyridine rings is 1. The van der Waals surface area contributed by atoms with Crippen LogP contribution in [0.25, 0.3) is 0 Å². The van der Waals surface area contributed by atoms with Crippen molar-refractivity contribution in [2.45, 2.75) is 38.6 Å². The number of aryl methyl sites for hydroxylation is 3. The van der Waals surface area contributed by atoms with Gasteiger partial charge in [0.05, 0.1) is 11.8 Å². The van der Waals surface area contributed by atoms with Crippen molar-refractivity contribution in [1.29, 1.82) is 0 Å². The Balaban J connectivity index is 1.56. The van der Waals surface area contributed by atoms with E-state index in [1.165, 1.54) is 18.4 Å². The van der Waals surface area contributed by atoms with E-state index in [9.17, 15) is 4.79 Å². The molecule has 6 nitrogen and oxygen atoms in total. The van der Waals surface area contributed by atoms with Crippen LogP contribution in [0.3, 0.4) is 0 Å². The molecule has 0 fully saturated rings. The summed E-state index contributed by atoms with van der Waals surface area (Å²) in [6.07, 6.45) is 8.86. The number of amides is 1. The van der Waals surface area contributed by atoms with Crippen molar-refractivity contribution in [2.75, 3.05) is 17.2 Å². The normalized spacial score (nSPS) is 16.4. The van der Waals surface area contributed by atoms with Crippen molar-refractivity contribution in [3.05, 3.63) is 35.3 Å². The van der Waals surface area contributed by atoms with Gasteiger partial charge in [0.2, 0.25) is 0 Å². The predicted molar refractivity (Wildman–Crippen MR) is 84.2 cm³/mol. The Bertz CT molecular complexity index is 721. The smallest absolute Gasteiger partial charge is 0.257 e. The molecule has 6 heteroatoms. The Morgan fingerprint density at radius 3 is 3.09 bits per heavy atom. The zero-order valence-electron chi connectivity index (χ0n) is 12.4. The monoisotopic (exact) mass is 297 g/mol. The second kappa shape index (κ2) is 5.44. The summed E-state index contributed by atoms with van der Waals surface area (Å²) in [7, 11) is 0. The van der Waals surface area contributed by atoms with Gasteiger partial charge in [0.25, 0.3) is 5.91 Å². The molecule has 22 heavy (non-hydrogen) atoms. The van der Waals surface area contributed by atoms with Crippen LogP contribution in [-0.2, 0) is 19.4 Å². The molecule has 0 saturated carbocycles. The molecule has 0 aromatic carbocycles. The first-order valence-electron chi connectivity index (χ1n) is 7.90. The van der Waals surface area contributed by atoms with Crippen LogP contribution in [0, 0.1) is 0 Å². The number of carbonyl (C=O) groups excluding carboxylic acids is 1. The highest BCUT2D eigenvalue weighted by molar-refractivity contribution is 6.05. The fourth-order valence-corrected chi connectivity index (χ4v) is 3.18. The topological polar surface area (TPSA) is 71.8 Å². The van der Waals surface area contributed by atoms with Crippen LogP contribution in [0.4, 0.5) is 11.5 Å². The molecule has 114 valence electrons. The molecule has 0 radical (unpaired) electrons. The van der Waals surface area contributed by atoms with Crippen LogP contribution < -0.4 is 10.6 Å². The first-order chi connectivity index (χ1) is 10.8. The molecule has 1 aliphatic heterocycles. The summed E-state index contributed by atoms with van der Waals surface area (Å²) < 4.78 is 1.89. The third kappa shape index (κ3) is 2.34. The standard InChI is InChI=1S/C16H19N5O/c22-16(12-8-11-4-1-2-5-13(11)18-9-12)20-14-10-19-21-7-3-6-17-15(14)21/h8-10,17H,1-7H2,(H,20,22). The number of fused-ring (bicyclic) bond motifs is 2. The van der Waals surface area contributed by atoms with E-state index in [2.05, 4.69) is 20.7 Å². The van der Waals surface area contributed by atoms with Crippen LogP contribution in [0.15, 0.2) is 18.5 Å². The fraction of sp³-hybridized carbons (Fsp3) is 0.438. The van der Waals surface area contributed by atoms with Crippen LogP contribution in [0.1, 0.15) is 40.9 Å². The lowest BCUT2D eigenvalue weighted by Crippen LogP contribution is -2.20. The van der Waals surface area contributed by atoms with Gasteiger partial charge in [-0.05, 0) is 43.7 Å². The van der Waals surface area contributed by atoms with Gasteiger partial charge in [-0.15, -0.1) is 0 Å². The summed E-state index contributed by atoms with van der Waals surface area (Å²) in [6, 6.07) is 1.99. The minimum atomic E-state index is -0.121. The Morgan fingerprint density at radius 1 is 1.23 bits per heavy atom. The third-order valence-electron chi connectivity index (χ3n) is 4.36. The second-order valence-electron chi connectivity index (χ2n) is 5.90. The maximum atomic E-state index is 12.5. The molecule has 0 unspecified atom stereocenters. The third-order valence-corrected chi connectivity index (χ3v) is 4.36. The molecule has 2 N–H and O–H groups in total. The van der Waals surface area contributed by atoms with E-state index in [0.29, 0.717) is 5.56 Å². The zero-order chi connectivity index (χ0) is 14.9. The number of carbonyl (C=O) groups is 1. The van der Waals surface area contributed by atoms with Gasteiger partial charge in [0.15, 0.2) is 0 Å². The molecule has 2 aliphatic rings. The lowest BCUT2D eigenvalue weighted by atomic mass is 9.95. The number of anilines is 2. The number of hydrogen-bond donors (Lipinski definition) is 2. The van der Waals surface area contributed by atoms with Gasteiger partial charge in [-0.1, -0.05) is 0 Å². The van der Waals surface area contributed by atoms with E-state index in [1.54, 1.807) is 12.4 Å². The van der Waals surface area contributed by atoms with Gasteiger partial charge < -0.3 is 10.6 Å². The maximum Gasteiger partial charge on any atom is 0.257 e. The minimum Gasteiger partial charge on any atom is -0.368 e. The van der Waals surface area contributed by atoms with E-state index in [1.807, 2.05) is 10.7 Å². The Kier molecular flexibility index (Phi) is 3.29. The molecule has 0 bridgehead atoms. The largest absolute Gasteiger partial charge is 0.368 e. The highest BCUT2D eigenvalue weighted by Gasteiger charge is 2.18. The first-order valence-corrected chi connectivity index (χ1v) is 7.90. The van der Waals surface area contributed by atoms with Gasteiger partial charge in [-0.2, -0.15) is 5.10 Å². The minimum absolute atomic E-state index is 0.121. The molecule has 2 aromatic rings. The summed E-state index contributed by atoms with van der Waals surface area (Å²) in [5, 5.41) is 10.5. The van der Waals surface area contributed by atoms with Crippen LogP contribution in [-0.4, -0.2) is 27.2 Å². The molecule has 0 atom stereocenters. The summed E-state index contributed by atoms with van der Waals surface area (Å²) >= 11 is 0. The van der Waals surface area contributed by atoms with Crippen molar-refractivity contribution in [1.82, 2.24) is 14.8 Å². The van der Waals surface area contributed by atoms with E-state index in [-0.39, 0.29) is 5.91 Å². The van der Waals surface area contributed by atoms with Gasteiger partial charge in [0.1, 0.15) is 11.5 Å².